The van der Waals surface area contributed by atoms with Crippen LogP contribution in [0.1, 0.15) is 24.5 Å². The van der Waals surface area contributed by atoms with E-state index in [1.807, 2.05) is 25.1 Å². The molecule has 1 N–H and O–H groups in total. The summed E-state index contributed by atoms with van der Waals surface area (Å²) < 4.78 is 25.6. The van der Waals surface area contributed by atoms with Gasteiger partial charge in [-0.3, -0.25) is 9.59 Å². The van der Waals surface area contributed by atoms with E-state index < -0.39 is 11.7 Å². The number of aryl methyl sites for hydroxylation is 1. The van der Waals surface area contributed by atoms with Gasteiger partial charge in [-0.1, -0.05) is 24.3 Å². The summed E-state index contributed by atoms with van der Waals surface area (Å²) in [5.74, 6) is 0.0739. The van der Waals surface area contributed by atoms with Gasteiger partial charge in [0.15, 0.2) is 11.5 Å². The zero-order chi connectivity index (χ0) is 24.1. The van der Waals surface area contributed by atoms with Crippen LogP contribution in [-0.4, -0.2) is 29.9 Å². The van der Waals surface area contributed by atoms with Crippen molar-refractivity contribution in [2.75, 3.05) is 18.1 Å². The monoisotopic (exact) mass is 463 g/mol. The molecular formula is C26H26FN3O4. The molecule has 1 saturated heterocycles. The first kappa shape index (κ1) is 23.2. The van der Waals surface area contributed by atoms with E-state index in [9.17, 15) is 14.0 Å². The van der Waals surface area contributed by atoms with E-state index >= 15 is 0 Å². The van der Waals surface area contributed by atoms with E-state index in [0.717, 1.165) is 11.1 Å². The highest BCUT2D eigenvalue weighted by atomic mass is 19.1. The number of rotatable bonds is 8. The van der Waals surface area contributed by atoms with Crippen LogP contribution >= 0.6 is 0 Å². The Balaban J connectivity index is 1.32. The second-order valence-electron chi connectivity index (χ2n) is 8.06. The summed E-state index contributed by atoms with van der Waals surface area (Å²) in [5, 5.41) is 2.84. The van der Waals surface area contributed by atoms with Crippen molar-refractivity contribution in [1.82, 2.24) is 10.3 Å². The first-order chi connectivity index (χ1) is 16.4. The van der Waals surface area contributed by atoms with Gasteiger partial charge in [0.05, 0.1) is 18.2 Å². The number of ether oxygens (including phenoxy) is 2. The zero-order valence-corrected chi connectivity index (χ0v) is 19.1. The molecule has 0 bridgehead atoms. The second-order valence-corrected chi connectivity index (χ2v) is 8.06. The molecule has 0 saturated carbocycles. The molecule has 0 spiro atoms. The van der Waals surface area contributed by atoms with Gasteiger partial charge in [0.25, 0.3) is 0 Å². The summed E-state index contributed by atoms with van der Waals surface area (Å²) in [7, 11) is 0. The quantitative estimate of drug-likeness (QED) is 0.536. The van der Waals surface area contributed by atoms with Crippen molar-refractivity contribution in [2.24, 2.45) is 5.92 Å². The average molecular weight is 464 g/mol. The standard InChI is InChI=1S/C26H26FN3O4/c1-3-33-22-6-4-5-7-23(22)34-24-11-9-18(14-28-24)15-29-26(32)19-13-25(31)30(16-19)21-10-8-17(2)12-20(21)27/h4-12,14,19H,3,13,15-16H2,1-2H3,(H,29,32). The molecule has 8 heteroatoms. The van der Waals surface area contributed by atoms with Gasteiger partial charge >= 0.3 is 0 Å². The lowest BCUT2D eigenvalue weighted by Crippen LogP contribution is -2.32. The molecule has 176 valence electrons. The number of hydrogen-bond donors (Lipinski definition) is 1. The van der Waals surface area contributed by atoms with E-state index in [-0.39, 0.29) is 37.0 Å². The van der Waals surface area contributed by atoms with Crippen LogP contribution in [0.15, 0.2) is 60.8 Å². The Hall–Kier alpha value is -3.94. The number of amides is 2. The Morgan fingerprint density at radius 1 is 1.18 bits per heavy atom. The van der Waals surface area contributed by atoms with Gasteiger partial charge in [0.1, 0.15) is 5.82 Å². The molecule has 0 aliphatic carbocycles. The zero-order valence-electron chi connectivity index (χ0n) is 19.1. The number of halogens is 1. The van der Waals surface area contributed by atoms with Gasteiger partial charge in [0.2, 0.25) is 17.7 Å². The number of pyridine rings is 1. The Bertz CT molecular complexity index is 1180. The number of nitrogens with zero attached hydrogens (tertiary/aromatic N) is 2. The molecule has 1 atom stereocenters. The number of benzene rings is 2. The van der Waals surface area contributed by atoms with E-state index in [1.165, 1.54) is 11.0 Å². The fraction of sp³-hybridized carbons (Fsp3) is 0.269. The molecule has 2 amide bonds. The van der Waals surface area contributed by atoms with Gasteiger partial charge in [-0.25, -0.2) is 9.37 Å². The Morgan fingerprint density at radius 3 is 2.68 bits per heavy atom. The van der Waals surface area contributed by atoms with Crippen molar-refractivity contribution in [3.8, 4) is 17.4 Å². The average Bonchev–Trinajstić information content (AvgIpc) is 3.21. The third kappa shape index (κ3) is 5.33. The fourth-order valence-corrected chi connectivity index (χ4v) is 3.78. The van der Waals surface area contributed by atoms with Gasteiger partial charge in [-0.15, -0.1) is 0 Å². The molecule has 3 aromatic rings. The summed E-state index contributed by atoms with van der Waals surface area (Å²) >= 11 is 0. The molecule has 2 heterocycles. The predicted octanol–water partition coefficient (Wildman–Crippen LogP) is 4.39. The Labute approximate surface area is 197 Å². The third-order valence-electron chi connectivity index (χ3n) is 5.52. The number of anilines is 1. The number of nitrogens with one attached hydrogen (secondary N) is 1. The van der Waals surface area contributed by atoms with Crippen LogP contribution in [0.25, 0.3) is 0 Å². The van der Waals surface area contributed by atoms with Gasteiger partial charge in [0, 0.05) is 31.8 Å². The maximum absolute atomic E-state index is 14.3. The van der Waals surface area contributed by atoms with Crippen molar-refractivity contribution in [1.29, 1.82) is 0 Å². The predicted molar refractivity (Wildman–Crippen MR) is 125 cm³/mol. The van der Waals surface area contributed by atoms with Crippen molar-refractivity contribution in [3.63, 3.8) is 0 Å². The lowest BCUT2D eigenvalue weighted by Gasteiger charge is -2.17. The smallest absolute Gasteiger partial charge is 0.227 e. The molecule has 0 radical (unpaired) electrons. The highest BCUT2D eigenvalue weighted by Crippen LogP contribution is 2.31. The molecule has 34 heavy (non-hydrogen) atoms. The number of aromatic nitrogens is 1. The molecule has 1 aromatic heterocycles. The SMILES string of the molecule is CCOc1ccccc1Oc1ccc(CNC(=O)C2CC(=O)N(c3ccc(C)cc3F)C2)cn1. The van der Waals surface area contributed by atoms with Gasteiger partial charge in [-0.05, 0) is 49.2 Å². The Morgan fingerprint density at radius 2 is 1.97 bits per heavy atom. The van der Waals surface area contributed by atoms with E-state index in [0.29, 0.717) is 24.0 Å². The summed E-state index contributed by atoms with van der Waals surface area (Å²) in [6, 6.07) is 15.6. The number of carbonyl (C=O) groups is 2. The largest absolute Gasteiger partial charge is 0.490 e. The van der Waals surface area contributed by atoms with Gasteiger partial charge in [-0.2, -0.15) is 0 Å². The fourth-order valence-electron chi connectivity index (χ4n) is 3.78. The number of para-hydroxylation sites is 2. The first-order valence-electron chi connectivity index (χ1n) is 11.1. The summed E-state index contributed by atoms with van der Waals surface area (Å²) in [4.78, 5) is 30.7. The highest BCUT2D eigenvalue weighted by molar-refractivity contribution is 6.00. The molecule has 1 aliphatic heterocycles. The maximum atomic E-state index is 14.3. The molecule has 4 rings (SSSR count). The molecule has 1 fully saturated rings. The Kier molecular flexibility index (Phi) is 7.06. The third-order valence-corrected chi connectivity index (χ3v) is 5.52. The highest BCUT2D eigenvalue weighted by Gasteiger charge is 2.36. The van der Waals surface area contributed by atoms with Gasteiger partial charge < -0.3 is 19.7 Å². The molecular weight excluding hydrogens is 437 g/mol. The first-order valence-corrected chi connectivity index (χ1v) is 11.1. The van der Waals surface area contributed by atoms with Crippen LogP contribution in [0.5, 0.6) is 17.4 Å². The maximum Gasteiger partial charge on any atom is 0.227 e. The number of hydrogen-bond acceptors (Lipinski definition) is 5. The van der Waals surface area contributed by atoms with Crippen LogP contribution in [0.4, 0.5) is 10.1 Å². The van der Waals surface area contributed by atoms with Crippen molar-refractivity contribution < 1.29 is 23.5 Å². The minimum atomic E-state index is -0.543. The van der Waals surface area contributed by atoms with Crippen molar-refractivity contribution in [2.45, 2.75) is 26.8 Å². The normalized spacial score (nSPS) is 15.3. The summed E-state index contributed by atoms with van der Waals surface area (Å²) in [5.41, 5.74) is 1.76. The van der Waals surface area contributed by atoms with Crippen LogP contribution in [-0.2, 0) is 16.1 Å². The summed E-state index contributed by atoms with van der Waals surface area (Å²) in [6.45, 7) is 4.61. The van der Waals surface area contributed by atoms with Crippen LogP contribution < -0.4 is 19.7 Å². The van der Waals surface area contributed by atoms with Crippen LogP contribution in [0.3, 0.4) is 0 Å². The van der Waals surface area contributed by atoms with Crippen LogP contribution in [0.2, 0.25) is 0 Å². The van der Waals surface area contributed by atoms with E-state index in [2.05, 4.69) is 10.3 Å². The van der Waals surface area contributed by atoms with Crippen molar-refractivity contribution >= 4 is 17.5 Å². The van der Waals surface area contributed by atoms with Crippen LogP contribution in [0, 0.1) is 18.7 Å². The second kappa shape index (κ2) is 10.3. The van der Waals surface area contributed by atoms with Crippen molar-refractivity contribution in [3.05, 3.63) is 77.7 Å². The minimum Gasteiger partial charge on any atom is -0.490 e. The minimum absolute atomic E-state index is 0.0451. The lowest BCUT2D eigenvalue weighted by atomic mass is 10.1. The molecule has 1 unspecified atom stereocenters. The van der Waals surface area contributed by atoms with E-state index in [4.69, 9.17) is 9.47 Å². The molecule has 7 nitrogen and oxygen atoms in total. The molecule has 1 aliphatic rings. The lowest BCUT2D eigenvalue weighted by molar-refractivity contribution is -0.126. The summed E-state index contributed by atoms with van der Waals surface area (Å²) in [6.07, 6.45) is 1.66. The number of carbonyl (C=O) groups excluding carboxylic acids is 2. The van der Waals surface area contributed by atoms with E-state index in [1.54, 1.807) is 43.5 Å². The topological polar surface area (TPSA) is 80.8 Å². The molecule has 2 aromatic carbocycles.